The minimum absolute atomic E-state index is 0.0385. The van der Waals surface area contributed by atoms with Crippen LogP contribution in [0.3, 0.4) is 0 Å². The predicted molar refractivity (Wildman–Crippen MR) is 64.4 cm³/mol. The molecule has 2 heterocycles. The van der Waals surface area contributed by atoms with Crippen molar-refractivity contribution in [1.29, 1.82) is 0 Å². The number of ether oxygens (including phenoxy) is 1. The monoisotopic (exact) mass is 238 g/mol. The van der Waals surface area contributed by atoms with Crippen molar-refractivity contribution in [3.8, 4) is 0 Å². The van der Waals surface area contributed by atoms with Crippen molar-refractivity contribution in [1.82, 2.24) is 4.90 Å². The summed E-state index contributed by atoms with van der Waals surface area (Å²) >= 11 is 0. The molecule has 1 saturated carbocycles. The van der Waals surface area contributed by atoms with Crippen molar-refractivity contribution >= 4 is 5.91 Å². The van der Waals surface area contributed by atoms with Gasteiger partial charge >= 0.3 is 0 Å². The summed E-state index contributed by atoms with van der Waals surface area (Å²) in [5.41, 5.74) is 5.97. The third kappa shape index (κ3) is 1.78. The van der Waals surface area contributed by atoms with Gasteiger partial charge in [-0.2, -0.15) is 0 Å². The zero-order chi connectivity index (χ0) is 12.1. The smallest absolute Gasteiger partial charge is 0.228 e. The maximum Gasteiger partial charge on any atom is 0.228 e. The molecule has 4 nitrogen and oxygen atoms in total. The van der Waals surface area contributed by atoms with E-state index in [4.69, 9.17) is 10.5 Å². The fraction of sp³-hybridized carbons (Fsp3) is 0.923. The fourth-order valence-electron chi connectivity index (χ4n) is 3.15. The molecule has 2 saturated heterocycles. The molecule has 1 unspecified atom stereocenters. The van der Waals surface area contributed by atoms with Crippen LogP contribution >= 0.6 is 0 Å². The number of carbonyl (C=O) groups is 1. The number of hydrogen-bond acceptors (Lipinski definition) is 3. The Morgan fingerprint density at radius 1 is 1.29 bits per heavy atom. The zero-order valence-corrected chi connectivity index (χ0v) is 10.6. The summed E-state index contributed by atoms with van der Waals surface area (Å²) < 4.78 is 5.86. The highest BCUT2D eigenvalue weighted by Crippen LogP contribution is 2.47. The van der Waals surface area contributed by atoms with E-state index in [0.717, 1.165) is 51.8 Å². The van der Waals surface area contributed by atoms with E-state index < -0.39 is 0 Å². The van der Waals surface area contributed by atoms with E-state index in [2.05, 4.69) is 6.92 Å². The Kier molecular flexibility index (Phi) is 2.49. The van der Waals surface area contributed by atoms with E-state index in [0.29, 0.717) is 5.91 Å². The number of nitrogens with zero attached hydrogens (tertiary/aromatic N) is 1. The molecule has 0 radical (unpaired) electrons. The topological polar surface area (TPSA) is 55.6 Å². The van der Waals surface area contributed by atoms with E-state index in [9.17, 15) is 4.79 Å². The third-order valence-corrected chi connectivity index (χ3v) is 4.91. The first-order valence-corrected chi connectivity index (χ1v) is 6.75. The minimum Gasteiger partial charge on any atom is -0.373 e. The van der Waals surface area contributed by atoms with Gasteiger partial charge < -0.3 is 15.4 Å². The molecule has 0 aromatic carbocycles. The van der Waals surface area contributed by atoms with E-state index >= 15 is 0 Å². The summed E-state index contributed by atoms with van der Waals surface area (Å²) in [5, 5.41) is 0. The molecule has 2 N–H and O–H groups in total. The van der Waals surface area contributed by atoms with E-state index in [1.165, 1.54) is 0 Å². The molecule has 17 heavy (non-hydrogen) atoms. The summed E-state index contributed by atoms with van der Waals surface area (Å²) in [6.07, 6.45) is 4.91. The highest BCUT2D eigenvalue weighted by molar-refractivity contribution is 5.85. The van der Waals surface area contributed by atoms with E-state index in [1.54, 1.807) is 0 Å². The summed E-state index contributed by atoms with van der Waals surface area (Å²) in [5.74, 6) is 0.346. The Bertz CT molecular complexity index is 330. The molecule has 3 fully saturated rings. The number of amides is 1. The lowest BCUT2D eigenvalue weighted by Crippen LogP contribution is -2.54. The fourth-order valence-corrected chi connectivity index (χ4v) is 3.15. The van der Waals surface area contributed by atoms with Gasteiger partial charge in [-0.25, -0.2) is 0 Å². The van der Waals surface area contributed by atoms with Crippen LogP contribution < -0.4 is 5.73 Å². The van der Waals surface area contributed by atoms with E-state index in [-0.39, 0.29) is 17.1 Å². The molecular formula is C13H22N2O2. The van der Waals surface area contributed by atoms with Crippen molar-refractivity contribution in [2.45, 2.75) is 50.7 Å². The summed E-state index contributed by atoms with van der Waals surface area (Å²) in [7, 11) is 0. The number of nitrogens with two attached hydrogens (primary N) is 1. The number of carbonyl (C=O) groups excluding carboxylic acids is 1. The second-order valence-electron chi connectivity index (χ2n) is 6.16. The molecular weight excluding hydrogens is 216 g/mol. The van der Waals surface area contributed by atoms with Crippen molar-refractivity contribution in [3.05, 3.63) is 0 Å². The standard InChI is InChI=1S/C13H22N2O2/c1-12(3-4-12)11(16)15-7-5-13(6-8-15)10(14)2-9-17-13/h10H,2-9,14H2,1H3. The Morgan fingerprint density at radius 3 is 2.41 bits per heavy atom. The Hall–Kier alpha value is -0.610. The van der Waals surface area contributed by atoms with Crippen LogP contribution in [-0.4, -0.2) is 42.1 Å². The first kappa shape index (κ1) is 11.5. The molecule has 3 aliphatic rings. The van der Waals surface area contributed by atoms with Gasteiger partial charge in [0.1, 0.15) is 0 Å². The number of likely N-dealkylation sites (tertiary alicyclic amines) is 1. The zero-order valence-electron chi connectivity index (χ0n) is 10.6. The van der Waals surface area contributed by atoms with Crippen LogP contribution in [-0.2, 0) is 9.53 Å². The number of rotatable bonds is 1. The maximum atomic E-state index is 12.2. The first-order valence-electron chi connectivity index (χ1n) is 6.75. The minimum atomic E-state index is -0.124. The second-order valence-corrected chi connectivity index (χ2v) is 6.16. The lowest BCUT2D eigenvalue weighted by Gasteiger charge is -2.41. The lowest BCUT2D eigenvalue weighted by molar-refractivity contribution is -0.141. The Labute approximate surface area is 102 Å². The normalized spacial score (nSPS) is 34.0. The molecule has 0 aromatic rings. The van der Waals surface area contributed by atoms with Crippen LogP contribution in [0.4, 0.5) is 0 Å². The third-order valence-electron chi connectivity index (χ3n) is 4.91. The summed E-state index contributed by atoms with van der Waals surface area (Å²) in [6.45, 7) is 4.51. The average Bonchev–Trinajstić information content (AvgIpc) is 2.99. The van der Waals surface area contributed by atoms with Gasteiger partial charge in [0.05, 0.1) is 5.60 Å². The Morgan fingerprint density at radius 2 is 1.94 bits per heavy atom. The highest BCUT2D eigenvalue weighted by Gasteiger charge is 2.50. The van der Waals surface area contributed by atoms with E-state index in [1.807, 2.05) is 4.90 Å². The molecule has 0 aromatic heterocycles. The summed E-state index contributed by atoms with van der Waals surface area (Å²) in [6, 6.07) is 0.163. The molecule has 1 spiro atoms. The van der Waals surface area contributed by atoms with Gasteiger partial charge in [0, 0.05) is 31.2 Å². The Balaban J connectivity index is 1.62. The molecule has 1 amide bonds. The largest absolute Gasteiger partial charge is 0.373 e. The lowest BCUT2D eigenvalue weighted by atomic mass is 9.84. The van der Waals surface area contributed by atoms with Crippen LogP contribution in [0.15, 0.2) is 0 Å². The van der Waals surface area contributed by atoms with Gasteiger partial charge in [0.15, 0.2) is 0 Å². The van der Waals surface area contributed by atoms with Crippen LogP contribution in [0.25, 0.3) is 0 Å². The van der Waals surface area contributed by atoms with Crippen LogP contribution in [0.2, 0.25) is 0 Å². The quantitative estimate of drug-likeness (QED) is 0.738. The molecule has 1 atom stereocenters. The highest BCUT2D eigenvalue weighted by atomic mass is 16.5. The van der Waals surface area contributed by atoms with Gasteiger partial charge in [-0.3, -0.25) is 4.79 Å². The summed E-state index contributed by atoms with van der Waals surface area (Å²) in [4.78, 5) is 14.2. The second kappa shape index (κ2) is 3.69. The molecule has 1 aliphatic carbocycles. The van der Waals surface area contributed by atoms with Gasteiger partial charge in [0.25, 0.3) is 0 Å². The van der Waals surface area contributed by atoms with Crippen LogP contribution in [0.1, 0.15) is 39.0 Å². The van der Waals surface area contributed by atoms with Gasteiger partial charge in [0.2, 0.25) is 5.91 Å². The van der Waals surface area contributed by atoms with Crippen molar-refractivity contribution in [3.63, 3.8) is 0 Å². The van der Waals surface area contributed by atoms with Gasteiger partial charge in [-0.05, 0) is 32.1 Å². The van der Waals surface area contributed by atoms with Crippen molar-refractivity contribution in [2.75, 3.05) is 19.7 Å². The van der Waals surface area contributed by atoms with Gasteiger partial charge in [-0.15, -0.1) is 0 Å². The first-order chi connectivity index (χ1) is 8.06. The predicted octanol–water partition coefficient (Wildman–Crippen LogP) is 0.895. The molecule has 4 heteroatoms. The molecule has 0 bridgehead atoms. The van der Waals surface area contributed by atoms with Crippen LogP contribution in [0.5, 0.6) is 0 Å². The van der Waals surface area contributed by atoms with Crippen molar-refractivity contribution in [2.24, 2.45) is 11.1 Å². The SMILES string of the molecule is CC1(C(=O)N2CCC3(CC2)OCCC3N)CC1. The number of hydrogen-bond donors (Lipinski definition) is 1. The van der Waals surface area contributed by atoms with Gasteiger partial charge in [-0.1, -0.05) is 6.92 Å². The van der Waals surface area contributed by atoms with Crippen molar-refractivity contribution < 1.29 is 9.53 Å². The molecule has 96 valence electrons. The average molecular weight is 238 g/mol. The maximum absolute atomic E-state index is 12.2. The number of piperidine rings is 1. The molecule has 2 aliphatic heterocycles. The van der Waals surface area contributed by atoms with Crippen LogP contribution in [0, 0.1) is 5.41 Å². The molecule has 3 rings (SSSR count).